The maximum atomic E-state index is 4.30. The summed E-state index contributed by atoms with van der Waals surface area (Å²) in [4.78, 5) is 2.56. The molecule has 5 heteroatoms. The molecule has 1 aliphatic rings. The maximum absolute atomic E-state index is 4.30. The van der Waals surface area contributed by atoms with Gasteiger partial charge in [-0.1, -0.05) is 0 Å². The molecule has 0 aromatic rings. The van der Waals surface area contributed by atoms with Crippen LogP contribution >= 0.6 is 12.6 Å². The number of rotatable bonds is 3. The normalized spacial score (nSPS) is 22.5. The van der Waals surface area contributed by atoms with E-state index in [1.807, 2.05) is 0 Å². The average molecular weight is 274 g/mol. The molecule has 1 saturated heterocycles. The summed E-state index contributed by atoms with van der Waals surface area (Å²) in [6.07, 6.45) is 3.66. The SMILES string of the molecule is SCCCN1CCCNCCNCCCNCC1. The lowest BCUT2D eigenvalue weighted by Gasteiger charge is -2.22. The van der Waals surface area contributed by atoms with Crippen molar-refractivity contribution in [3.05, 3.63) is 0 Å². The number of nitrogens with one attached hydrogen (secondary N) is 3. The number of hydrogen-bond donors (Lipinski definition) is 4. The van der Waals surface area contributed by atoms with Crippen LogP contribution in [0.2, 0.25) is 0 Å². The monoisotopic (exact) mass is 274 g/mol. The summed E-state index contributed by atoms with van der Waals surface area (Å²) in [7, 11) is 0. The third-order valence-corrected chi connectivity index (χ3v) is 3.57. The van der Waals surface area contributed by atoms with Crippen LogP contribution in [0, 0.1) is 0 Å². The van der Waals surface area contributed by atoms with Crippen LogP contribution in [0.5, 0.6) is 0 Å². The first-order chi connectivity index (χ1) is 8.93. The molecule has 1 heterocycles. The summed E-state index contributed by atoms with van der Waals surface area (Å²) in [5.41, 5.74) is 0. The van der Waals surface area contributed by atoms with Crippen LogP contribution in [0.25, 0.3) is 0 Å². The van der Waals surface area contributed by atoms with Gasteiger partial charge in [-0.15, -0.1) is 0 Å². The standard InChI is InChI=1S/C13H30N4S/c18-13-3-11-17-10-2-6-15-8-7-14-4-1-5-16-9-12-17/h14-16,18H,1-13H2. The Hall–Kier alpha value is 0.190. The maximum Gasteiger partial charge on any atom is 0.0107 e. The summed E-state index contributed by atoms with van der Waals surface area (Å²) in [6.45, 7) is 10.2. The van der Waals surface area contributed by atoms with Gasteiger partial charge in [-0.2, -0.15) is 12.6 Å². The molecule has 1 fully saturated rings. The number of nitrogens with zero attached hydrogens (tertiary/aromatic N) is 1. The predicted octanol–water partition coefficient (Wildman–Crippen LogP) is 0.171. The molecule has 4 nitrogen and oxygen atoms in total. The van der Waals surface area contributed by atoms with Gasteiger partial charge in [0.2, 0.25) is 0 Å². The van der Waals surface area contributed by atoms with Gasteiger partial charge in [-0.05, 0) is 57.7 Å². The fourth-order valence-electron chi connectivity index (χ4n) is 2.18. The summed E-state index contributed by atoms with van der Waals surface area (Å²) < 4.78 is 0. The zero-order valence-corrected chi connectivity index (χ0v) is 12.5. The molecule has 0 radical (unpaired) electrons. The Balaban J connectivity index is 2.20. The number of hydrogen-bond acceptors (Lipinski definition) is 5. The molecule has 108 valence electrons. The average Bonchev–Trinajstić information content (AvgIpc) is 2.39. The van der Waals surface area contributed by atoms with Crippen molar-refractivity contribution in [2.24, 2.45) is 0 Å². The van der Waals surface area contributed by atoms with E-state index in [0.717, 1.165) is 45.0 Å². The van der Waals surface area contributed by atoms with E-state index in [0.29, 0.717) is 0 Å². The molecule has 18 heavy (non-hydrogen) atoms. The molecule has 0 unspecified atom stereocenters. The topological polar surface area (TPSA) is 39.3 Å². The molecule has 1 aliphatic heterocycles. The highest BCUT2D eigenvalue weighted by atomic mass is 32.1. The molecule has 0 aliphatic carbocycles. The Labute approximate surface area is 118 Å². The van der Waals surface area contributed by atoms with Crippen LogP contribution < -0.4 is 16.0 Å². The van der Waals surface area contributed by atoms with Crippen LogP contribution in [-0.4, -0.2) is 69.6 Å². The van der Waals surface area contributed by atoms with Crippen LogP contribution in [0.15, 0.2) is 0 Å². The molecule has 0 amide bonds. The summed E-state index contributed by atoms with van der Waals surface area (Å²) in [5.74, 6) is 0.994. The summed E-state index contributed by atoms with van der Waals surface area (Å²) in [6, 6.07) is 0. The number of thiol groups is 1. The Kier molecular flexibility index (Phi) is 11.0. The fourth-order valence-corrected chi connectivity index (χ4v) is 2.33. The molecule has 0 saturated carbocycles. The summed E-state index contributed by atoms with van der Waals surface area (Å²) >= 11 is 4.30. The van der Waals surface area contributed by atoms with Crippen molar-refractivity contribution in [2.75, 3.05) is 64.7 Å². The van der Waals surface area contributed by atoms with Crippen molar-refractivity contribution < 1.29 is 0 Å². The van der Waals surface area contributed by atoms with E-state index in [1.165, 1.54) is 38.9 Å². The van der Waals surface area contributed by atoms with Gasteiger partial charge in [0.1, 0.15) is 0 Å². The Bertz CT molecular complexity index is 166. The molecular weight excluding hydrogens is 244 g/mol. The molecule has 0 aromatic carbocycles. The highest BCUT2D eigenvalue weighted by Crippen LogP contribution is 1.95. The zero-order valence-electron chi connectivity index (χ0n) is 11.6. The molecule has 1 rings (SSSR count). The Morgan fingerprint density at radius 1 is 0.778 bits per heavy atom. The van der Waals surface area contributed by atoms with Gasteiger partial charge in [0.05, 0.1) is 0 Å². The van der Waals surface area contributed by atoms with E-state index in [-0.39, 0.29) is 0 Å². The third-order valence-electron chi connectivity index (χ3n) is 3.25. The zero-order chi connectivity index (χ0) is 12.9. The van der Waals surface area contributed by atoms with Gasteiger partial charge >= 0.3 is 0 Å². The van der Waals surface area contributed by atoms with Crippen molar-refractivity contribution >= 4 is 12.6 Å². The first kappa shape index (κ1) is 16.2. The molecule has 0 aromatic heterocycles. The van der Waals surface area contributed by atoms with Crippen LogP contribution in [-0.2, 0) is 0 Å². The second-order valence-corrected chi connectivity index (χ2v) is 5.32. The minimum absolute atomic E-state index is 0.994. The van der Waals surface area contributed by atoms with E-state index in [1.54, 1.807) is 0 Å². The minimum atomic E-state index is 0.994. The second-order valence-electron chi connectivity index (χ2n) is 4.88. The summed E-state index contributed by atoms with van der Waals surface area (Å²) in [5, 5.41) is 10.5. The van der Waals surface area contributed by atoms with E-state index >= 15 is 0 Å². The quantitative estimate of drug-likeness (QED) is 0.554. The second kappa shape index (κ2) is 12.2. The van der Waals surface area contributed by atoms with Crippen molar-refractivity contribution in [1.29, 1.82) is 0 Å². The lowest BCUT2D eigenvalue weighted by molar-refractivity contribution is 0.269. The Morgan fingerprint density at radius 2 is 1.44 bits per heavy atom. The minimum Gasteiger partial charge on any atom is -0.315 e. The highest BCUT2D eigenvalue weighted by Gasteiger charge is 2.04. The van der Waals surface area contributed by atoms with E-state index < -0.39 is 0 Å². The molecular formula is C13H30N4S. The van der Waals surface area contributed by atoms with Crippen molar-refractivity contribution in [3.8, 4) is 0 Å². The van der Waals surface area contributed by atoms with Gasteiger partial charge in [-0.3, -0.25) is 0 Å². The molecule has 0 spiro atoms. The lowest BCUT2D eigenvalue weighted by atomic mass is 10.3. The molecule has 0 bridgehead atoms. The highest BCUT2D eigenvalue weighted by molar-refractivity contribution is 7.80. The van der Waals surface area contributed by atoms with E-state index in [4.69, 9.17) is 0 Å². The van der Waals surface area contributed by atoms with Gasteiger partial charge in [-0.25, -0.2) is 0 Å². The largest absolute Gasteiger partial charge is 0.315 e. The Morgan fingerprint density at radius 3 is 2.17 bits per heavy atom. The van der Waals surface area contributed by atoms with Crippen molar-refractivity contribution in [2.45, 2.75) is 19.3 Å². The molecule has 3 N–H and O–H groups in total. The van der Waals surface area contributed by atoms with Crippen LogP contribution in [0.3, 0.4) is 0 Å². The lowest BCUT2D eigenvalue weighted by Crippen LogP contribution is -2.37. The predicted molar refractivity (Wildman–Crippen MR) is 82.8 cm³/mol. The van der Waals surface area contributed by atoms with Gasteiger partial charge in [0, 0.05) is 26.2 Å². The van der Waals surface area contributed by atoms with Crippen molar-refractivity contribution in [1.82, 2.24) is 20.9 Å². The third kappa shape index (κ3) is 9.16. The first-order valence-corrected chi connectivity index (χ1v) is 8.02. The van der Waals surface area contributed by atoms with Gasteiger partial charge in [0.25, 0.3) is 0 Å². The van der Waals surface area contributed by atoms with Crippen LogP contribution in [0.4, 0.5) is 0 Å². The van der Waals surface area contributed by atoms with Crippen LogP contribution in [0.1, 0.15) is 19.3 Å². The first-order valence-electron chi connectivity index (χ1n) is 7.39. The van der Waals surface area contributed by atoms with Gasteiger partial charge < -0.3 is 20.9 Å². The van der Waals surface area contributed by atoms with E-state index in [2.05, 4.69) is 33.5 Å². The smallest absolute Gasteiger partial charge is 0.0107 e. The molecule has 0 atom stereocenters. The van der Waals surface area contributed by atoms with Gasteiger partial charge in [0.15, 0.2) is 0 Å². The fraction of sp³-hybridized carbons (Fsp3) is 1.00. The van der Waals surface area contributed by atoms with Crippen molar-refractivity contribution in [3.63, 3.8) is 0 Å². The van der Waals surface area contributed by atoms with E-state index in [9.17, 15) is 0 Å².